The first-order valence-corrected chi connectivity index (χ1v) is 8.41. The first-order valence-electron chi connectivity index (χ1n) is 8.03. The highest BCUT2D eigenvalue weighted by Gasteiger charge is 2.28. The van der Waals surface area contributed by atoms with E-state index >= 15 is 0 Å². The molecule has 2 rings (SSSR count). The molecule has 2 N–H and O–H groups in total. The van der Waals surface area contributed by atoms with E-state index in [-0.39, 0.29) is 47.8 Å². The van der Waals surface area contributed by atoms with Gasteiger partial charge in [0.25, 0.3) is 0 Å². The second kappa shape index (κ2) is 9.03. The Bertz CT molecular complexity index is 623. The molecule has 0 aromatic heterocycles. The Hall–Kier alpha value is -1.83. The molecule has 25 heavy (non-hydrogen) atoms. The van der Waals surface area contributed by atoms with Crippen molar-refractivity contribution in [2.24, 2.45) is 0 Å². The van der Waals surface area contributed by atoms with Gasteiger partial charge in [0, 0.05) is 20.7 Å². The molecule has 7 nitrogen and oxygen atoms in total. The van der Waals surface area contributed by atoms with Gasteiger partial charge >= 0.3 is 0 Å². The van der Waals surface area contributed by atoms with E-state index < -0.39 is 0 Å². The summed E-state index contributed by atoms with van der Waals surface area (Å²) in [6.07, 6.45) is 0.383. The zero-order chi connectivity index (χ0) is 18.4. The molecule has 1 heterocycles. The summed E-state index contributed by atoms with van der Waals surface area (Å²) in [6, 6.07) is 4.44. The number of aromatic hydroxyl groups is 1. The number of likely N-dealkylation sites (N-methyl/N-ethyl adjacent to an activating group) is 1. The van der Waals surface area contributed by atoms with E-state index in [0.717, 1.165) is 0 Å². The summed E-state index contributed by atoms with van der Waals surface area (Å²) in [5.74, 6) is -0.343. The van der Waals surface area contributed by atoms with Gasteiger partial charge in [0.15, 0.2) is 0 Å². The third-order valence-electron chi connectivity index (χ3n) is 3.95. The fourth-order valence-electron chi connectivity index (χ4n) is 2.45. The van der Waals surface area contributed by atoms with Gasteiger partial charge in [-0.05, 0) is 24.1 Å². The number of nitrogens with zero attached hydrogens (tertiary/aromatic N) is 1. The number of hydrogen-bond acceptors (Lipinski definition) is 5. The van der Waals surface area contributed by atoms with Gasteiger partial charge < -0.3 is 24.8 Å². The molecule has 2 amide bonds. The van der Waals surface area contributed by atoms with E-state index in [2.05, 4.69) is 5.32 Å². The second-order valence-corrected chi connectivity index (χ2v) is 6.54. The van der Waals surface area contributed by atoms with Gasteiger partial charge in [0.1, 0.15) is 18.5 Å². The minimum absolute atomic E-state index is 0.0192. The predicted octanol–water partition coefficient (Wildman–Crippen LogP) is 0.967. The van der Waals surface area contributed by atoms with Crippen LogP contribution in [0, 0.1) is 0 Å². The van der Waals surface area contributed by atoms with Gasteiger partial charge in [-0.25, -0.2) is 0 Å². The third kappa shape index (κ3) is 5.88. The Balaban J connectivity index is 1.89. The lowest BCUT2D eigenvalue weighted by atomic mass is 10.0. The topological polar surface area (TPSA) is 88.1 Å². The molecule has 8 heteroatoms. The highest BCUT2D eigenvalue weighted by molar-refractivity contribution is 6.32. The van der Waals surface area contributed by atoms with Crippen LogP contribution in [0.15, 0.2) is 18.2 Å². The number of rotatable bonds is 6. The van der Waals surface area contributed by atoms with Crippen molar-refractivity contribution in [3.63, 3.8) is 0 Å². The van der Waals surface area contributed by atoms with Crippen molar-refractivity contribution in [2.75, 3.05) is 33.9 Å². The molecule has 0 saturated carbocycles. The number of nitrogens with one attached hydrogen (secondary N) is 1. The minimum Gasteiger partial charge on any atom is -0.506 e. The van der Waals surface area contributed by atoms with Crippen LogP contribution in [0.25, 0.3) is 0 Å². The van der Waals surface area contributed by atoms with Crippen molar-refractivity contribution < 1.29 is 24.2 Å². The molecule has 1 fully saturated rings. The fourth-order valence-corrected chi connectivity index (χ4v) is 2.66. The SMILES string of the molecule is CN(C)C(=O)CO[C@@H]1COCC[C@H]1NC(=O)Cc1ccc(O)c(Cl)c1. The highest BCUT2D eigenvalue weighted by atomic mass is 35.5. The molecule has 1 aliphatic rings. The molecule has 1 aromatic rings. The number of phenols is 1. The van der Waals surface area contributed by atoms with E-state index in [1.807, 2.05) is 0 Å². The molecule has 1 aromatic carbocycles. The molecule has 0 radical (unpaired) electrons. The van der Waals surface area contributed by atoms with E-state index in [1.165, 1.54) is 11.0 Å². The lowest BCUT2D eigenvalue weighted by Gasteiger charge is -2.32. The molecule has 1 aliphatic heterocycles. The van der Waals surface area contributed by atoms with E-state index in [1.54, 1.807) is 26.2 Å². The lowest BCUT2D eigenvalue weighted by molar-refractivity contribution is -0.141. The van der Waals surface area contributed by atoms with Crippen molar-refractivity contribution in [3.05, 3.63) is 28.8 Å². The molecule has 0 aliphatic carbocycles. The summed E-state index contributed by atoms with van der Waals surface area (Å²) in [5.41, 5.74) is 0.701. The molecule has 0 bridgehead atoms. The largest absolute Gasteiger partial charge is 0.506 e. The summed E-state index contributed by atoms with van der Waals surface area (Å²) in [7, 11) is 3.32. The Morgan fingerprint density at radius 3 is 2.88 bits per heavy atom. The predicted molar refractivity (Wildman–Crippen MR) is 92.6 cm³/mol. The van der Waals surface area contributed by atoms with E-state index in [9.17, 15) is 14.7 Å². The van der Waals surface area contributed by atoms with Crippen LogP contribution in [0.5, 0.6) is 5.75 Å². The van der Waals surface area contributed by atoms with Crippen LogP contribution in [0.1, 0.15) is 12.0 Å². The zero-order valence-electron chi connectivity index (χ0n) is 14.3. The number of hydrogen-bond donors (Lipinski definition) is 2. The molecule has 138 valence electrons. The number of phenolic OH excluding ortho intramolecular Hbond substituents is 1. The van der Waals surface area contributed by atoms with E-state index in [0.29, 0.717) is 25.2 Å². The first-order chi connectivity index (χ1) is 11.9. The van der Waals surface area contributed by atoms with Crippen LogP contribution >= 0.6 is 11.6 Å². The maximum atomic E-state index is 12.3. The van der Waals surface area contributed by atoms with Crippen LogP contribution in [0.3, 0.4) is 0 Å². The quantitative estimate of drug-likeness (QED) is 0.779. The van der Waals surface area contributed by atoms with E-state index in [4.69, 9.17) is 21.1 Å². The normalized spacial score (nSPS) is 20.1. The van der Waals surface area contributed by atoms with Crippen molar-refractivity contribution in [3.8, 4) is 5.75 Å². The van der Waals surface area contributed by atoms with Crippen LogP contribution in [-0.4, -0.2) is 67.9 Å². The highest BCUT2D eigenvalue weighted by Crippen LogP contribution is 2.23. The number of carbonyl (C=O) groups excluding carboxylic acids is 2. The zero-order valence-corrected chi connectivity index (χ0v) is 15.1. The van der Waals surface area contributed by atoms with Crippen LogP contribution in [0.2, 0.25) is 5.02 Å². The molecule has 0 spiro atoms. The maximum Gasteiger partial charge on any atom is 0.248 e. The Morgan fingerprint density at radius 1 is 1.44 bits per heavy atom. The Morgan fingerprint density at radius 2 is 2.20 bits per heavy atom. The summed E-state index contributed by atoms with van der Waals surface area (Å²) in [4.78, 5) is 25.4. The Labute approximate surface area is 151 Å². The molecule has 2 atom stereocenters. The van der Waals surface area contributed by atoms with Crippen molar-refractivity contribution in [1.29, 1.82) is 0 Å². The van der Waals surface area contributed by atoms with Crippen LogP contribution < -0.4 is 5.32 Å². The summed E-state index contributed by atoms with van der Waals surface area (Å²) >= 11 is 5.85. The number of carbonyl (C=O) groups is 2. The lowest BCUT2D eigenvalue weighted by Crippen LogP contribution is -2.51. The number of benzene rings is 1. The molecular formula is C17H23ClN2O5. The van der Waals surface area contributed by atoms with Gasteiger partial charge in [-0.2, -0.15) is 0 Å². The van der Waals surface area contributed by atoms with Gasteiger partial charge in [-0.15, -0.1) is 0 Å². The minimum atomic E-state index is -0.370. The number of amides is 2. The van der Waals surface area contributed by atoms with Gasteiger partial charge in [0.05, 0.1) is 24.1 Å². The summed E-state index contributed by atoms with van der Waals surface area (Å²) < 4.78 is 11.0. The van der Waals surface area contributed by atoms with Crippen LogP contribution in [0.4, 0.5) is 0 Å². The average molecular weight is 371 g/mol. The second-order valence-electron chi connectivity index (χ2n) is 6.14. The van der Waals surface area contributed by atoms with Crippen molar-refractivity contribution in [2.45, 2.75) is 25.0 Å². The molecule has 0 unspecified atom stereocenters. The molecular weight excluding hydrogens is 348 g/mol. The summed E-state index contributed by atoms with van der Waals surface area (Å²) in [5, 5.41) is 12.6. The monoisotopic (exact) mass is 370 g/mol. The first kappa shape index (κ1) is 19.5. The number of ether oxygens (including phenoxy) is 2. The molecule has 1 saturated heterocycles. The fraction of sp³-hybridized carbons (Fsp3) is 0.529. The standard InChI is InChI=1S/C17H23ClN2O5/c1-20(2)17(23)10-25-15-9-24-6-5-13(15)19-16(22)8-11-3-4-14(21)12(18)7-11/h3-4,7,13,15,21H,5-6,8-10H2,1-2H3,(H,19,22)/t13-,15-/m1/s1. The third-order valence-corrected chi connectivity index (χ3v) is 4.25. The maximum absolute atomic E-state index is 12.3. The van der Waals surface area contributed by atoms with Crippen LogP contribution in [-0.2, 0) is 25.5 Å². The van der Waals surface area contributed by atoms with Crippen molar-refractivity contribution >= 4 is 23.4 Å². The smallest absolute Gasteiger partial charge is 0.248 e. The Kier molecular flexibility index (Phi) is 7.04. The van der Waals surface area contributed by atoms with Crippen molar-refractivity contribution in [1.82, 2.24) is 10.2 Å². The number of halogens is 1. The van der Waals surface area contributed by atoms with Gasteiger partial charge in [-0.1, -0.05) is 17.7 Å². The van der Waals surface area contributed by atoms with Gasteiger partial charge in [0.2, 0.25) is 11.8 Å². The van der Waals surface area contributed by atoms with Gasteiger partial charge in [-0.3, -0.25) is 9.59 Å². The summed E-state index contributed by atoms with van der Waals surface area (Å²) in [6.45, 7) is 0.801. The average Bonchev–Trinajstić information content (AvgIpc) is 2.57.